The van der Waals surface area contributed by atoms with Gasteiger partial charge in [-0.2, -0.15) is 5.26 Å². The Kier molecular flexibility index (Phi) is 13.5. The molecule has 1 spiro atoms. The highest BCUT2D eigenvalue weighted by Gasteiger charge is 2.60. The molecule has 2 fully saturated rings. The molecule has 0 N–H and O–H groups in total. The largest absolute Gasteiger partial charge is 0.407 e. The zero-order valence-electron chi connectivity index (χ0n) is 29.1. The van der Waals surface area contributed by atoms with Gasteiger partial charge >= 0.3 is 0 Å². The smallest absolute Gasteiger partial charge is 0.261 e. The molecule has 0 bridgehead atoms. The van der Waals surface area contributed by atoms with Crippen molar-refractivity contribution in [2.24, 2.45) is 17.3 Å². The molecule has 4 atom stereocenters. The van der Waals surface area contributed by atoms with E-state index in [1.165, 1.54) is 10.4 Å². The summed E-state index contributed by atoms with van der Waals surface area (Å²) in [5, 5.41) is 13.0. The van der Waals surface area contributed by atoms with Gasteiger partial charge in [0.05, 0.1) is 6.07 Å². The Morgan fingerprint density at radius 3 is 1.96 bits per heavy atom. The normalized spacial score (nSPS) is 25.7. The van der Waals surface area contributed by atoms with Crippen molar-refractivity contribution in [2.45, 2.75) is 109 Å². The number of allylic oxidation sites excluding steroid dienone is 1. The van der Waals surface area contributed by atoms with Crippen molar-refractivity contribution >= 4 is 72.2 Å². The first-order chi connectivity index (χ1) is 22.6. The van der Waals surface area contributed by atoms with Crippen LogP contribution in [0.1, 0.15) is 80.1 Å². The van der Waals surface area contributed by atoms with Crippen LogP contribution in [0.3, 0.4) is 0 Å². The van der Waals surface area contributed by atoms with Crippen LogP contribution in [-0.4, -0.2) is 28.8 Å². The SMILES string of the molecule is CC[Si](CC)(CC)O[C@]1(C#CI)CCC[C@@]2(/C1=C/C#N)[C@@H](CO[Si](c1ccccc1)(c1ccccc1)C(C)(C)C)CCC[C@H]2C#CI. The quantitative estimate of drug-likeness (QED) is 0.103. The Morgan fingerprint density at radius 1 is 0.872 bits per heavy atom. The van der Waals surface area contributed by atoms with E-state index >= 15 is 0 Å². The Morgan fingerprint density at radius 2 is 1.47 bits per heavy atom. The molecule has 2 aliphatic carbocycles. The van der Waals surface area contributed by atoms with E-state index in [2.05, 4.69) is 173 Å². The molecule has 3 nitrogen and oxygen atoms in total. The molecule has 0 unspecified atom stereocenters. The summed E-state index contributed by atoms with van der Waals surface area (Å²) >= 11 is 4.38. The van der Waals surface area contributed by atoms with E-state index in [4.69, 9.17) is 8.85 Å². The second-order valence-electron chi connectivity index (χ2n) is 14.4. The van der Waals surface area contributed by atoms with E-state index in [-0.39, 0.29) is 22.3 Å². The number of rotatable bonds is 10. The van der Waals surface area contributed by atoms with Gasteiger partial charge in [0.2, 0.25) is 0 Å². The fourth-order valence-electron chi connectivity index (χ4n) is 8.90. The molecule has 7 heteroatoms. The van der Waals surface area contributed by atoms with Gasteiger partial charge in [0.25, 0.3) is 8.32 Å². The first-order valence-corrected chi connectivity index (χ1v) is 24.0. The highest BCUT2D eigenvalue weighted by molar-refractivity contribution is 14.1. The van der Waals surface area contributed by atoms with Crippen LogP contribution >= 0.6 is 45.2 Å². The summed E-state index contributed by atoms with van der Waals surface area (Å²) in [7, 11) is -4.88. The molecule has 2 saturated carbocycles. The second-order valence-corrected chi connectivity index (χ2v) is 24.4. The highest BCUT2D eigenvalue weighted by atomic mass is 127. The van der Waals surface area contributed by atoms with Crippen LogP contribution in [0.15, 0.2) is 72.3 Å². The van der Waals surface area contributed by atoms with E-state index in [0.29, 0.717) is 6.61 Å². The summed E-state index contributed by atoms with van der Waals surface area (Å²) < 4.78 is 21.8. The van der Waals surface area contributed by atoms with Gasteiger partial charge in [-0.25, -0.2) is 0 Å². The predicted molar refractivity (Wildman–Crippen MR) is 219 cm³/mol. The topological polar surface area (TPSA) is 42.2 Å². The molecule has 0 aromatic heterocycles. The van der Waals surface area contributed by atoms with Crippen molar-refractivity contribution in [3.05, 3.63) is 72.3 Å². The monoisotopic (exact) mass is 887 g/mol. The molecule has 4 rings (SSSR count). The average molecular weight is 888 g/mol. The summed E-state index contributed by atoms with van der Waals surface area (Å²) in [5.41, 5.74) is -0.0529. The molecule has 2 aromatic carbocycles. The van der Waals surface area contributed by atoms with Gasteiger partial charge in [-0.1, -0.05) is 120 Å². The van der Waals surface area contributed by atoms with Gasteiger partial charge in [0.1, 0.15) is 5.60 Å². The molecule has 0 heterocycles. The predicted octanol–water partition coefficient (Wildman–Crippen LogP) is 10.2. The average Bonchev–Trinajstić information content (AvgIpc) is 3.08. The number of hydrogen-bond donors (Lipinski definition) is 0. The second kappa shape index (κ2) is 16.5. The van der Waals surface area contributed by atoms with E-state index < -0.39 is 22.2 Å². The maximum absolute atomic E-state index is 10.5. The van der Waals surface area contributed by atoms with Crippen LogP contribution in [0.2, 0.25) is 23.2 Å². The maximum atomic E-state index is 10.5. The van der Waals surface area contributed by atoms with Crippen LogP contribution in [0, 0.1) is 48.3 Å². The first kappa shape index (κ1) is 38.4. The molecule has 250 valence electrons. The maximum Gasteiger partial charge on any atom is 0.261 e. The lowest BCUT2D eigenvalue weighted by Gasteiger charge is -2.58. The van der Waals surface area contributed by atoms with Gasteiger partial charge in [-0.3, -0.25) is 0 Å². The van der Waals surface area contributed by atoms with Gasteiger partial charge in [-0.15, -0.1) is 0 Å². The summed E-state index contributed by atoms with van der Waals surface area (Å²) in [5.74, 6) is 7.62. The van der Waals surface area contributed by atoms with Crippen LogP contribution in [0.5, 0.6) is 0 Å². The minimum absolute atomic E-state index is 0.112. The Balaban J connectivity index is 1.94. The third-order valence-electron chi connectivity index (χ3n) is 11.4. The van der Waals surface area contributed by atoms with E-state index in [9.17, 15) is 5.26 Å². The van der Waals surface area contributed by atoms with Gasteiger partial charge in [-0.05, 0) is 85.0 Å². The summed E-state index contributed by atoms with van der Waals surface area (Å²) in [6.07, 6.45) is 7.76. The van der Waals surface area contributed by atoms with E-state index in [1.807, 2.05) is 6.08 Å². The molecular formula is C40H51I2NO2Si2. The fourth-order valence-corrected chi connectivity index (χ4v) is 17.3. The standard InChI is InChI=1S/C40H51I2NO2Si2/c1-7-46(8-2,9-3)45-39(28-30-42)26-17-27-40(37(39)25-31-43)33(24-29-41)18-16-19-34(40)32-44-47(38(4,5)6,35-20-12-10-13-21-35)36-22-14-11-15-23-36/h10-15,20-23,25,33-34H,7-9,16-19,26-27,32H2,1-6H3/b37-25+/t33-,34+,39-,40-/m0/s1. The van der Waals surface area contributed by atoms with Crippen molar-refractivity contribution in [2.75, 3.05) is 6.61 Å². The molecule has 2 aromatic rings. The molecule has 2 aliphatic rings. The lowest BCUT2D eigenvalue weighted by atomic mass is 9.49. The molecule has 0 amide bonds. The van der Waals surface area contributed by atoms with Gasteiger partial charge in [0.15, 0.2) is 8.32 Å². The molecule has 47 heavy (non-hydrogen) atoms. The summed E-state index contributed by atoms with van der Waals surface area (Å²) in [6.45, 7) is 14.5. The summed E-state index contributed by atoms with van der Waals surface area (Å²) in [4.78, 5) is 0. The zero-order valence-corrected chi connectivity index (χ0v) is 35.4. The minimum Gasteiger partial charge on any atom is -0.407 e. The molecule has 0 radical (unpaired) electrons. The van der Waals surface area contributed by atoms with E-state index in [0.717, 1.165) is 62.2 Å². The molecule has 0 saturated heterocycles. The number of nitrogens with zero attached hydrogens (tertiary/aromatic N) is 1. The molecule has 0 aliphatic heterocycles. The third-order valence-corrected chi connectivity index (χ3v) is 21.6. The van der Waals surface area contributed by atoms with Crippen molar-refractivity contribution in [1.82, 2.24) is 0 Å². The van der Waals surface area contributed by atoms with Crippen LogP contribution < -0.4 is 10.4 Å². The Labute approximate surface area is 314 Å². The highest BCUT2D eigenvalue weighted by Crippen LogP contribution is 2.61. The van der Waals surface area contributed by atoms with Crippen molar-refractivity contribution in [1.29, 1.82) is 5.26 Å². The number of nitriles is 1. The lowest BCUT2D eigenvalue weighted by Crippen LogP contribution is -2.67. The van der Waals surface area contributed by atoms with Crippen LogP contribution in [-0.2, 0) is 8.85 Å². The van der Waals surface area contributed by atoms with Crippen LogP contribution in [0.4, 0.5) is 0 Å². The van der Waals surface area contributed by atoms with Gasteiger partial charge < -0.3 is 8.85 Å². The van der Waals surface area contributed by atoms with Crippen molar-refractivity contribution < 1.29 is 8.85 Å². The Bertz CT molecular complexity index is 1490. The lowest BCUT2D eigenvalue weighted by molar-refractivity contribution is -0.0181. The number of benzene rings is 2. The Hall–Kier alpha value is -1.40. The summed E-state index contributed by atoms with van der Waals surface area (Å²) in [6, 6.07) is 27.5. The zero-order chi connectivity index (χ0) is 34.2. The van der Waals surface area contributed by atoms with Crippen LogP contribution in [0.25, 0.3) is 0 Å². The van der Waals surface area contributed by atoms with Crippen molar-refractivity contribution in [3.63, 3.8) is 0 Å². The minimum atomic E-state index is -2.78. The molecular weight excluding hydrogens is 836 g/mol. The third kappa shape index (κ3) is 7.40. The van der Waals surface area contributed by atoms with E-state index in [1.54, 1.807) is 0 Å². The number of halogens is 2. The number of hydrogen-bond acceptors (Lipinski definition) is 3. The van der Waals surface area contributed by atoms with Crippen molar-refractivity contribution in [3.8, 4) is 25.8 Å². The fraction of sp³-hybridized carbons (Fsp3) is 0.525. The first-order valence-electron chi connectivity index (χ1n) is 17.4. The van der Waals surface area contributed by atoms with Gasteiger partial charge in [0, 0.05) is 69.2 Å².